The van der Waals surface area contributed by atoms with Crippen molar-refractivity contribution in [3.63, 3.8) is 0 Å². The lowest BCUT2D eigenvalue weighted by Crippen LogP contribution is -2.26. The van der Waals surface area contributed by atoms with Crippen LogP contribution in [0.3, 0.4) is 0 Å². The van der Waals surface area contributed by atoms with Gasteiger partial charge in [-0.05, 0) is 6.42 Å². The van der Waals surface area contributed by atoms with Crippen molar-refractivity contribution in [1.82, 2.24) is 0 Å². The second-order valence-electron chi connectivity index (χ2n) is 2.59. The quantitative estimate of drug-likeness (QED) is 0.632. The van der Waals surface area contributed by atoms with Crippen molar-refractivity contribution in [2.75, 3.05) is 25.2 Å². The second-order valence-corrected chi connectivity index (χ2v) is 4.15. The van der Waals surface area contributed by atoms with Crippen LogP contribution in [0, 0.1) is 0 Å². The first-order valence-corrected chi connectivity index (χ1v) is 5.55. The van der Waals surface area contributed by atoms with E-state index in [-0.39, 0.29) is 6.29 Å². The fourth-order valence-corrected chi connectivity index (χ4v) is 1.49. The second kappa shape index (κ2) is 4.85. The molecule has 0 aromatic rings. The van der Waals surface area contributed by atoms with Crippen molar-refractivity contribution in [3.05, 3.63) is 0 Å². The van der Waals surface area contributed by atoms with Crippen molar-refractivity contribution in [2.45, 2.75) is 19.1 Å². The Labute approximate surface area is 69.5 Å². The molecular weight excluding hydrogens is 164 g/mol. The molecule has 1 aliphatic heterocycles. The molecule has 1 unspecified atom stereocenters. The van der Waals surface area contributed by atoms with Crippen molar-refractivity contribution in [1.29, 1.82) is 0 Å². The fourth-order valence-electron chi connectivity index (χ4n) is 0.965. The van der Waals surface area contributed by atoms with E-state index in [2.05, 4.69) is 0 Å². The first kappa shape index (κ1) is 9.16. The molecule has 0 N–H and O–H groups in total. The predicted molar refractivity (Wildman–Crippen MR) is 43.9 cm³/mol. The standard InChI is InChI=1S/C7H14O3S/c1-11(8)6-3-7-9-4-2-5-10-7/h7H,2-6H2,1H3. The zero-order chi connectivity index (χ0) is 8.10. The molecule has 1 rings (SSSR count). The van der Waals surface area contributed by atoms with Gasteiger partial charge in [-0.3, -0.25) is 4.21 Å². The monoisotopic (exact) mass is 178 g/mol. The van der Waals surface area contributed by atoms with Crippen LogP contribution in [0.4, 0.5) is 0 Å². The summed E-state index contributed by atoms with van der Waals surface area (Å²) in [6.07, 6.45) is 3.32. The summed E-state index contributed by atoms with van der Waals surface area (Å²) >= 11 is 0. The van der Waals surface area contributed by atoms with Crippen LogP contribution >= 0.6 is 0 Å². The van der Waals surface area contributed by atoms with E-state index < -0.39 is 10.8 Å². The molecule has 0 aromatic heterocycles. The van der Waals surface area contributed by atoms with Gasteiger partial charge in [0.2, 0.25) is 0 Å². The summed E-state index contributed by atoms with van der Waals surface area (Å²) in [5.41, 5.74) is 0. The highest BCUT2D eigenvalue weighted by Crippen LogP contribution is 2.08. The maximum Gasteiger partial charge on any atom is 0.158 e. The van der Waals surface area contributed by atoms with Gasteiger partial charge in [-0.25, -0.2) is 0 Å². The number of hydrogen-bond donors (Lipinski definition) is 0. The molecule has 66 valence electrons. The Hall–Kier alpha value is 0.0700. The zero-order valence-corrected chi connectivity index (χ0v) is 7.56. The highest BCUT2D eigenvalue weighted by Gasteiger charge is 2.13. The van der Waals surface area contributed by atoms with Gasteiger partial charge in [0, 0.05) is 29.2 Å². The highest BCUT2D eigenvalue weighted by atomic mass is 32.2. The van der Waals surface area contributed by atoms with Crippen LogP contribution in [0.5, 0.6) is 0 Å². The summed E-state index contributed by atoms with van der Waals surface area (Å²) in [7, 11) is -0.727. The van der Waals surface area contributed by atoms with Crippen LogP contribution in [-0.4, -0.2) is 35.7 Å². The van der Waals surface area contributed by atoms with Gasteiger partial charge in [0.15, 0.2) is 6.29 Å². The summed E-state index contributed by atoms with van der Waals surface area (Å²) in [5.74, 6) is 0.671. The molecular formula is C7H14O3S. The predicted octanol–water partition coefficient (Wildman–Crippen LogP) is 0.518. The molecule has 11 heavy (non-hydrogen) atoms. The van der Waals surface area contributed by atoms with E-state index in [1.165, 1.54) is 0 Å². The van der Waals surface area contributed by atoms with E-state index in [4.69, 9.17) is 9.47 Å². The molecule has 4 heteroatoms. The van der Waals surface area contributed by atoms with Crippen LogP contribution in [0.1, 0.15) is 12.8 Å². The Kier molecular flexibility index (Phi) is 4.04. The Morgan fingerprint density at radius 1 is 1.45 bits per heavy atom. The Balaban J connectivity index is 2.09. The third-order valence-corrected chi connectivity index (χ3v) is 2.35. The lowest BCUT2D eigenvalue weighted by Gasteiger charge is -2.22. The highest BCUT2D eigenvalue weighted by molar-refractivity contribution is 7.84. The average molecular weight is 178 g/mol. The number of hydrogen-bond acceptors (Lipinski definition) is 3. The van der Waals surface area contributed by atoms with E-state index in [1.54, 1.807) is 6.26 Å². The van der Waals surface area contributed by atoms with Gasteiger partial charge < -0.3 is 9.47 Å². The third kappa shape index (κ3) is 3.84. The first-order valence-electron chi connectivity index (χ1n) is 3.82. The lowest BCUT2D eigenvalue weighted by molar-refractivity contribution is -0.178. The number of ether oxygens (including phenoxy) is 2. The van der Waals surface area contributed by atoms with Gasteiger partial charge in [-0.15, -0.1) is 0 Å². The zero-order valence-electron chi connectivity index (χ0n) is 6.75. The van der Waals surface area contributed by atoms with Gasteiger partial charge in [0.25, 0.3) is 0 Å². The van der Waals surface area contributed by atoms with Crippen LogP contribution in [0.2, 0.25) is 0 Å². The maximum absolute atomic E-state index is 10.7. The van der Waals surface area contributed by atoms with Crippen molar-refractivity contribution in [3.8, 4) is 0 Å². The Morgan fingerprint density at radius 2 is 2.09 bits per heavy atom. The first-order chi connectivity index (χ1) is 5.29. The fraction of sp³-hybridized carbons (Fsp3) is 1.00. The van der Waals surface area contributed by atoms with Crippen molar-refractivity contribution < 1.29 is 13.7 Å². The van der Waals surface area contributed by atoms with E-state index in [0.717, 1.165) is 26.1 Å². The summed E-state index contributed by atoms with van der Waals surface area (Å²) in [6, 6.07) is 0. The normalized spacial score (nSPS) is 23.4. The van der Waals surface area contributed by atoms with Crippen LogP contribution in [-0.2, 0) is 20.3 Å². The van der Waals surface area contributed by atoms with Crippen molar-refractivity contribution >= 4 is 10.8 Å². The molecule has 1 heterocycles. The molecule has 1 atom stereocenters. The molecule has 0 saturated carbocycles. The van der Waals surface area contributed by atoms with Gasteiger partial charge in [-0.2, -0.15) is 0 Å². The summed E-state index contributed by atoms with van der Waals surface area (Å²) in [5, 5.41) is 0. The van der Waals surface area contributed by atoms with Crippen LogP contribution < -0.4 is 0 Å². The average Bonchev–Trinajstić information content (AvgIpc) is 2.03. The minimum Gasteiger partial charge on any atom is -0.353 e. The molecule has 0 spiro atoms. The van der Waals surface area contributed by atoms with Crippen molar-refractivity contribution in [2.24, 2.45) is 0 Å². The molecule has 0 radical (unpaired) electrons. The van der Waals surface area contributed by atoms with E-state index in [1.807, 2.05) is 0 Å². The summed E-state index contributed by atoms with van der Waals surface area (Å²) in [4.78, 5) is 0. The molecule has 1 fully saturated rings. The minimum absolute atomic E-state index is 0.104. The molecule has 0 aromatic carbocycles. The molecule has 1 saturated heterocycles. The molecule has 3 nitrogen and oxygen atoms in total. The largest absolute Gasteiger partial charge is 0.353 e. The van der Waals surface area contributed by atoms with Crippen LogP contribution in [0.15, 0.2) is 0 Å². The molecule has 0 aliphatic carbocycles. The van der Waals surface area contributed by atoms with Gasteiger partial charge >= 0.3 is 0 Å². The smallest absolute Gasteiger partial charge is 0.158 e. The van der Waals surface area contributed by atoms with Crippen LogP contribution in [0.25, 0.3) is 0 Å². The molecule has 0 bridgehead atoms. The Bertz CT molecular complexity index is 132. The summed E-state index contributed by atoms with van der Waals surface area (Å²) in [6.45, 7) is 1.56. The Morgan fingerprint density at radius 3 is 2.64 bits per heavy atom. The third-order valence-electron chi connectivity index (χ3n) is 1.54. The lowest BCUT2D eigenvalue weighted by atomic mass is 10.4. The molecule has 0 amide bonds. The van der Waals surface area contributed by atoms with Gasteiger partial charge in [-0.1, -0.05) is 0 Å². The van der Waals surface area contributed by atoms with E-state index in [0.29, 0.717) is 5.75 Å². The van der Waals surface area contributed by atoms with Gasteiger partial charge in [0.05, 0.1) is 13.2 Å². The summed E-state index contributed by atoms with van der Waals surface area (Å²) < 4.78 is 21.2. The topological polar surface area (TPSA) is 35.5 Å². The molecule has 1 aliphatic rings. The maximum atomic E-state index is 10.7. The van der Waals surface area contributed by atoms with E-state index >= 15 is 0 Å². The van der Waals surface area contributed by atoms with E-state index in [9.17, 15) is 4.21 Å². The number of rotatable bonds is 3. The van der Waals surface area contributed by atoms with Gasteiger partial charge in [0.1, 0.15) is 0 Å². The SMILES string of the molecule is CS(=O)CCC1OCCCO1. The minimum atomic E-state index is -0.727.